The van der Waals surface area contributed by atoms with Gasteiger partial charge in [-0.3, -0.25) is 9.78 Å². The number of ether oxygens (including phenoxy) is 1. The zero-order valence-electron chi connectivity index (χ0n) is 12.3. The first-order valence-electron chi connectivity index (χ1n) is 7.24. The predicted molar refractivity (Wildman–Crippen MR) is 86.0 cm³/mol. The van der Waals surface area contributed by atoms with Gasteiger partial charge in [0.25, 0.3) is 5.91 Å². The molecule has 0 aliphatic heterocycles. The first kappa shape index (κ1) is 15.0. The molecule has 4 nitrogen and oxygen atoms in total. The minimum Gasteiger partial charge on any atom is -0.492 e. The summed E-state index contributed by atoms with van der Waals surface area (Å²) in [6.45, 7) is 0.588. The Hall–Kier alpha value is -2.95. The van der Waals surface area contributed by atoms with Crippen LogP contribution in [0, 0.1) is 5.82 Å². The third-order valence-corrected chi connectivity index (χ3v) is 3.35. The molecule has 0 aliphatic rings. The van der Waals surface area contributed by atoms with Crippen LogP contribution in [0.15, 0.2) is 60.8 Å². The number of nitrogens with one attached hydrogen (secondary N) is 1. The molecule has 3 aromatic rings. The van der Waals surface area contributed by atoms with Crippen molar-refractivity contribution in [3.63, 3.8) is 0 Å². The summed E-state index contributed by atoms with van der Waals surface area (Å²) >= 11 is 0. The maximum atomic E-state index is 13.5. The molecule has 2 aromatic carbocycles. The number of nitrogens with zero attached hydrogens (tertiary/aromatic N) is 1. The fraction of sp³-hybridized carbons (Fsp3) is 0.111. The van der Waals surface area contributed by atoms with Gasteiger partial charge in [0.2, 0.25) is 0 Å². The van der Waals surface area contributed by atoms with Crippen molar-refractivity contribution < 1.29 is 13.9 Å². The van der Waals surface area contributed by atoms with Gasteiger partial charge in [0.1, 0.15) is 18.2 Å². The Morgan fingerprint density at radius 3 is 2.87 bits per heavy atom. The van der Waals surface area contributed by atoms with E-state index in [4.69, 9.17) is 4.74 Å². The molecule has 0 atom stereocenters. The highest BCUT2D eigenvalue weighted by Crippen LogP contribution is 2.18. The molecule has 1 heterocycles. The fourth-order valence-corrected chi connectivity index (χ4v) is 2.22. The van der Waals surface area contributed by atoms with Crippen LogP contribution in [-0.2, 0) is 0 Å². The summed E-state index contributed by atoms with van der Waals surface area (Å²) in [5.41, 5.74) is 0.928. The second-order valence-corrected chi connectivity index (χ2v) is 4.94. The highest BCUT2D eigenvalue weighted by molar-refractivity contribution is 5.94. The largest absolute Gasteiger partial charge is 0.492 e. The average Bonchev–Trinajstić information content (AvgIpc) is 2.59. The zero-order chi connectivity index (χ0) is 16.1. The minimum atomic E-state index is -0.534. The molecule has 5 heteroatoms. The molecule has 23 heavy (non-hydrogen) atoms. The normalized spacial score (nSPS) is 10.5. The van der Waals surface area contributed by atoms with Crippen molar-refractivity contribution in [2.75, 3.05) is 13.2 Å². The van der Waals surface area contributed by atoms with Gasteiger partial charge >= 0.3 is 0 Å². The van der Waals surface area contributed by atoms with Crippen molar-refractivity contribution in [1.82, 2.24) is 10.3 Å². The van der Waals surface area contributed by atoms with Crippen molar-refractivity contribution in [2.45, 2.75) is 0 Å². The second kappa shape index (κ2) is 6.87. The number of rotatable bonds is 5. The first-order valence-corrected chi connectivity index (χ1v) is 7.24. The average molecular weight is 310 g/mol. The number of fused-ring (bicyclic) bond motifs is 1. The molecule has 1 amide bonds. The van der Waals surface area contributed by atoms with Gasteiger partial charge in [-0.25, -0.2) is 4.39 Å². The number of carbonyl (C=O) groups excluding carboxylic acids is 1. The van der Waals surface area contributed by atoms with Gasteiger partial charge in [0.15, 0.2) is 0 Å². The Morgan fingerprint density at radius 2 is 2.00 bits per heavy atom. The minimum absolute atomic E-state index is 0.0317. The molecule has 0 saturated carbocycles. The third kappa shape index (κ3) is 3.63. The number of benzene rings is 2. The highest BCUT2D eigenvalue weighted by atomic mass is 19.1. The Bertz CT molecular complexity index is 836. The van der Waals surface area contributed by atoms with E-state index in [0.717, 1.165) is 10.9 Å². The number of halogens is 1. The SMILES string of the molecule is O=C(NCCOc1ccc2ncccc2c1)c1ccccc1F. The first-order chi connectivity index (χ1) is 11.2. The summed E-state index contributed by atoms with van der Waals surface area (Å²) in [6, 6.07) is 15.3. The maximum absolute atomic E-state index is 13.5. The van der Waals surface area contributed by atoms with Crippen molar-refractivity contribution in [1.29, 1.82) is 0 Å². The number of hydrogen-bond donors (Lipinski definition) is 1. The lowest BCUT2D eigenvalue weighted by atomic mass is 10.2. The topological polar surface area (TPSA) is 51.2 Å². The van der Waals surface area contributed by atoms with Crippen LogP contribution in [0.25, 0.3) is 10.9 Å². The number of aromatic nitrogens is 1. The van der Waals surface area contributed by atoms with Crippen LogP contribution in [0.2, 0.25) is 0 Å². The Balaban J connectivity index is 1.53. The maximum Gasteiger partial charge on any atom is 0.254 e. The van der Waals surface area contributed by atoms with Gasteiger partial charge < -0.3 is 10.1 Å². The van der Waals surface area contributed by atoms with Crippen LogP contribution in [-0.4, -0.2) is 24.0 Å². The van der Waals surface area contributed by atoms with Crippen molar-refractivity contribution in [3.05, 3.63) is 72.2 Å². The lowest BCUT2D eigenvalue weighted by Gasteiger charge is -2.09. The Morgan fingerprint density at radius 1 is 1.13 bits per heavy atom. The van der Waals surface area contributed by atoms with Gasteiger partial charge in [0.05, 0.1) is 17.6 Å². The molecule has 3 rings (SSSR count). The van der Waals surface area contributed by atoms with Crippen LogP contribution in [0.1, 0.15) is 10.4 Å². The highest BCUT2D eigenvalue weighted by Gasteiger charge is 2.09. The summed E-state index contributed by atoms with van der Waals surface area (Å²) < 4.78 is 19.1. The summed E-state index contributed by atoms with van der Waals surface area (Å²) in [7, 11) is 0. The van der Waals surface area contributed by atoms with Crippen molar-refractivity contribution in [2.24, 2.45) is 0 Å². The molecule has 0 unspecified atom stereocenters. The Kier molecular flexibility index (Phi) is 4.47. The molecule has 116 valence electrons. The van der Waals surface area contributed by atoms with E-state index in [1.165, 1.54) is 12.1 Å². The quantitative estimate of drug-likeness (QED) is 0.736. The third-order valence-electron chi connectivity index (χ3n) is 3.35. The van der Waals surface area contributed by atoms with Crippen LogP contribution in [0.5, 0.6) is 5.75 Å². The Labute approximate surface area is 132 Å². The molecule has 1 N–H and O–H groups in total. The molecule has 0 aliphatic carbocycles. The number of amides is 1. The van der Waals surface area contributed by atoms with Gasteiger partial charge in [-0.1, -0.05) is 18.2 Å². The van der Waals surface area contributed by atoms with Gasteiger partial charge in [-0.05, 0) is 36.4 Å². The summed E-state index contributed by atoms with van der Waals surface area (Å²) in [6.07, 6.45) is 1.74. The fourth-order valence-electron chi connectivity index (χ4n) is 2.22. The molecule has 1 aromatic heterocycles. The molecular formula is C18H15FN2O2. The number of hydrogen-bond acceptors (Lipinski definition) is 3. The molecule has 0 bridgehead atoms. The van der Waals surface area contributed by atoms with E-state index < -0.39 is 11.7 Å². The monoisotopic (exact) mass is 310 g/mol. The van der Waals surface area contributed by atoms with Crippen LogP contribution in [0.3, 0.4) is 0 Å². The summed E-state index contributed by atoms with van der Waals surface area (Å²) in [5.74, 6) is -0.284. The van der Waals surface area contributed by atoms with Crippen LogP contribution >= 0.6 is 0 Å². The van der Waals surface area contributed by atoms with Gasteiger partial charge in [-0.15, -0.1) is 0 Å². The lowest BCUT2D eigenvalue weighted by Crippen LogP contribution is -2.28. The van der Waals surface area contributed by atoms with E-state index in [-0.39, 0.29) is 12.1 Å². The van der Waals surface area contributed by atoms with Crippen LogP contribution < -0.4 is 10.1 Å². The standard InChI is InChI=1S/C18H15FN2O2/c19-16-6-2-1-5-15(16)18(22)21-10-11-23-14-7-8-17-13(12-14)4-3-9-20-17/h1-9,12H,10-11H2,(H,21,22). The van der Waals surface area contributed by atoms with Gasteiger partial charge in [0, 0.05) is 11.6 Å². The van der Waals surface area contributed by atoms with E-state index in [1.807, 2.05) is 30.3 Å². The lowest BCUT2D eigenvalue weighted by molar-refractivity contribution is 0.0943. The summed E-state index contributed by atoms with van der Waals surface area (Å²) in [5, 5.41) is 3.62. The number of carbonyl (C=O) groups is 1. The van der Waals surface area contributed by atoms with Gasteiger partial charge in [-0.2, -0.15) is 0 Å². The van der Waals surface area contributed by atoms with E-state index in [9.17, 15) is 9.18 Å². The molecule has 0 spiro atoms. The van der Waals surface area contributed by atoms with E-state index in [0.29, 0.717) is 12.4 Å². The number of pyridine rings is 1. The van der Waals surface area contributed by atoms with E-state index in [2.05, 4.69) is 10.3 Å². The molecule has 0 saturated heterocycles. The van der Waals surface area contributed by atoms with E-state index >= 15 is 0 Å². The summed E-state index contributed by atoms with van der Waals surface area (Å²) in [4.78, 5) is 16.1. The molecule has 0 radical (unpaired) electrons. The molecule has 0 fully saturated rings. The van der Waals surface area contributed by atoms with E-state index in [1.54, 1.807) is 18.3 Å². The van der Waals surface area contributed by atoms with Crippen molar-refractivity contribution in [3.8, 4) is 5.75 Å². The van der Waals surface area contributed by atoms with Crippen LogP contribution in [0.4, 0.5) is 4.39 Å². The predicted octanol–water partition coefficient (Wildman–Crippen LogP) is 3.18. The van der Waals surface area contributed by atoms with Crippen molar-refractivity contribution >= 4 is 16.8 Å². The molecular weight excluding hydrogens is 295 g/mol. The zero-order valence-corrected chi connectivity index (χ0v) is 12.3. The second-order valence-electron chi connectivity index (χ2n) is 4.94. The smallest absolute Gasteiger partial charge is 0.254 e.